The SMILES string of the molecule is CC(C)c1n[nH]c(=S)n1CCNC(=O)c1nccc2ccccc12. The van der Waals surface area contributed by atoms with Crippen molar-refractivity contribution in [2.45, 2.75) is 26.3 Å². The number of aromatic amines is 1. The Kier molecular flexibility index (Phi) is 4.71. The minimum Gasteiger partial charge on any atom is -0.349 e. The maximum Gasteiger partial charge on any atom is 0.270 e. The third-order valence-electron chi connectivity index (χ3n) is 3.81. The number of amides is 1. The molecule has 2 N–H and O–H groups in total. The number of fused-ring (bicyclic) bond motifs is 1. The van der Waals surface area contributed by atoms with Crippen molar-refractivity contribution in [2.24, 2.45) is 0 Å². The van der Waals surface area contributed by atoms with E-state index in [4.69, 9.17) is 12.2 Å². The Morgan fingerprint density at radius 3 is 2.92 bits per heavy atom. The van der Waals surface area contributed by atoms with Gasteiger partial charge in [-0.3, -0.25) is 14.9 Å². The maximum atomic E-state index is 12.5. The Bertz CT molecular complexity index is 923. The Morgan fingerprint density at radius 2 is 2.12 bits per heavy atom. The average Bonchev–Trinajstić information content (AvgIpc) is 2.95. The summed E-state index contributed by atoms with van der Waals surface area (Å²) in [6.45, 7) is 5.14. The fourth-order valence-corrected chi connectivity index (χ4v) is 2.88. The van der Waals surface area contributed by atoms with Gasteiger partial charge in [0, 0.05) is 30.6 Å². The van der Waals surface area contributed by atoms with E-state index < -0.39 is 0 Å². The third kappa shape index (κ3) is 3.21. The van der Waals surface area contributed by atoms with Crippen molar-refractivity contribution in [2.75, 3.05) is 6.54 Å². The van der Waals surface area contributed by atoms with Gasteiger partial charge in [-0.2, -0.15) is 5.10 Å². The number of carbonyl (C=O) groups excluding carboxylic acids is 1. The number of hydrogen-bond donors (Lipinski definition) is 2. The molecule has 7 heteroatoms. The van der Waals surface area contributed by atoms with Gasteiger partial charge in [-0.25, -0.2) is 0 Å². The van der Waals surface area contributed by atoms with Gasteiger partial charge in [-0.05, 0) is 23.7 Å². The molecule has 124 valence electrons. The fraction of sp³-hybridized carbons (Fsp3) is 0.294. The predicted molar refractivity (Wildman–Crippen MR) is 95.6 cm³/mol. The molecule has 2 heterocycles. The highest BCUT2D eigenvalue weighted by Crippen LogP contribution is 2.16. The van der Waals surface area contributed by atoms with Gasteiger partial charge in [0.15, 0.2) is 4.77 Å². The zero-order valence-electron chi connectivity index (χ0n) is 13.6. The van der Waals surface area contributed by atoms with Crippen LogP contribution >= 0.6 is 12.2 Å². The Hall–Kier alpha value is -2.54. The summed E-state index contributed by atoms with van der Waals surface area (Å²) in [7, 11) is 0. The first kappa shape index (κ1) is 16.3. The van der Waals surface area contributed by atoms with E-state index in [2.05, 4.69) is 34.3 Å². The first-order valence-corrected chi connectivity index (χ1v) is 8.26. The van der Waals surface area contributed by atoms with E-state index in [1.165, 1.54) is 0 Å². The molecule has 0 saturated carbocycles. The van der Waals surface area contributed by atoms with Crippen molar-refractivity contribution in [3.05, 3.63) is 52.8 Å². The topological polar surface area (TPSA) is 75.6 Å². The first-order chi connectivity index (χ1) is 11.6. The van der Waals surface area contributed by atoms with Crippen LogP contribution in [-0.2, 0) is 6.54 Å². The highest BCUT2D eigenvalue weighted by Gasteiger charge is 2.13. The third-order valence-corrected chi connectivity index (χ3v) is 4.13. The normalized spacial score (nSPS) is 11.1. The molecule has 0 unspecified atom stereocenters. The molecule has 0 spiro atoms. The number of H-pyrrole nitrogens is 1. The van der Waals surface area contributed by atoms with Crippen LogP contribution in [0.15, 0.2) is 36.5 Å². The number of pyridine rings is 1. The molecule has 1 amide bonds. The van der Waals surface area contributed by atoms with Crippen LogP contribution in [0.4, 0.5) is 0 Å². The van der Waals surface area contributed by atoms with Gasteiger partial charge in [-0.15, -0.1) is 0 Å². The van der Waals surface area contributed by atoms with Crippen molar-refractivity contribution in [3.63, 3.8) is 0 Å². The second-order valence-electron chi connectivity index (χ2n) is 5.83. The standard InChI is InChI=1S/C17H19N5OS/c1-11(2)15-20-21-17(24)22(15)10-9-19-16(23)14-13-6-4-3-5-12(13)7-8-18-14/h3-8,11H,9-10H2,1-2H3,(H,19,23)(H,21,24). The molecule has 0 radical (unpaired) electrons. The van der Waals surface area contributed by atoms with Crippen molar-refractivity contribution >= 4 is 28.9 Å². The highest BCUT2D eigenvalue weighted by molar-refractivity contribution is 7.71. The van der Waals surface area contributed by atoms with Gasteiger partial charge in [0.1, 0.15) is 11.5 Å². The quantitative estimate of drug-likeness (QED) is 0.700. The Balaban J connectivity index is 1.72. The molecule has 24 heavy (non-hydrogen) atoms. The zero-order valence-corrected chi connectivity index (χ0v) is 14.4. The molecule has 2 aromatic heterocycles. The van der Waals surface area contributed by atoms with Crippen molar-refractivity contribution in [1.29, 1.82) is 0 Å². The number of rotatable bonds is 5. The summed E-state index contributed by atoms with van der Waals surface area (Å²) < 4.78 is 2.48. The van der Waals surface area contributed by atoms with Gasteiger partial charge < -0.3 is 9.88 Å². The van der Waals surface area contributed by atoms with Gasteiger partial charge in [-0.1, -0.05) is 38.1 Å². The monoisotopic (exact) mass is 341 g/mol. The summed E-state index contributed by atoms with van der Waals surface area (Å²) in [5, 5.41) is 11.8. The van der Waals surface area contributed by atoms with Crippen molar-refractivity contribution in [3.8, 4) is 0 Å². The fourth-order valence-electron chi connectivity index (χ4n) is 2.65. The summed E-state index contributed by atoms with van der Waals surface area (Å²) in [5.41, 5.74) is 0.438. The van der Waals surface area contributed by atoms with Gasteiger partial charge in [0.2, 0.25) is 0 Å². The van der Waals surface area contributed by atoms with Crippen LogP contribution in [-0.4, -0.2) is 32.2 Å². The lowest BCUT2D eigenvalue weighted by molar-refractivity contribution is 0.0949. The van der Waals surface area contributed by atoms with E-state index in [9.17, 15) is 4.79 Å². The number of nitrogens with zero attached hydrogens (tertiary/aromatic N) is 3. The molecule has 0 aliphatic carbocycles. The number of nitrogens with one attached hydrogen (secondary N) is 2. The van der Waals surface area contributed by atoms with E-state index in [1.54, 1.807) is 6.20 Å². The maximum absolute atomic E-state index is 12.5. The van der Waals surface area contributed by atoms with E-state index in [0.717, 1.165) is 16.6 Å². The molecule has 1 aromatic carbocycles. The molecule has 0 fully saturated rings. The lowest BCUT2D eigenvalue weighted by Gasteiger charge is -2.10. The molecule has 3 rings (SSSR count). The molecule has 0 bridgehead atoms. The number of hydrogen-bond acceptors (Lipinski definition) is 4. The molecule has 6 nitrogen and oxygen atoms in total. The van der Waals surface area contributed by atoms with E-state index in [1.807, 2.05) is 34.9 Å². The summed E-state index contributed by atoms with van der Waals surface area (Å²) >= 11 is 5.25. The first-order valence-electron chi connectivity index (χ1n) is 7.85. The minimum absolute atomic E-state index is 0.187. The number of carbonyl (C=O) groups is 1. The second-order valence-corrected chi connectivity index (χ2v) is 6.22. The van der Waals surface area contributed by atoms with E-state index in [0.29, 0.717) is 23.6 Å². The Labute approximate surface area is 144 Å². The largest absolute Gasteiger partial charge is 0.349 e. The van der Waals surface area contributed by atoms with Crippen molar-refractivity contribution in [1.82, 2.24) is 25.1 Å². The van der Waals surface area contributed by atoms with Crippen LogP contribution < -0.4 is 5.32 Å². The van der Waals surface area contributed by atoms with Crippen LogP contribution in [0.25, 0.3) is 10.8 Å². The molecular formula is C17H19N5OS. The predicted octanol–water partition coefficient (Wildman–Crippen LogP) is 3.04. The van der Waals surface area contributed by atoms with Crippen LogP contribution in [0, 0.1) is 4.77 Å². The summed E-state index contributed by atoms with van der Waals surface area (Å²) in [4.78, 5) is 16.7. The number of benzene rings is 1. The summed E-state index contributed by atoms with van der Waals surface area (Å²) in [6.07, 6.45) is 1.65. The van der Waals surface area contributed by atoms with E-state index >= 15 is 0 Å². The summed E-state index contributed by atoms with van der Waals surface area (Å²) in [6, 6.07) is 9.61. The molecule has 0 atom stereocenters. The molecule has 0 saturated heterocycles. The van der Waals surface area contributed by atoms with E-state index in [-0.39, 0.29) is 11.8 Å². The van der Waals surface area contributed by atoms with Crippen LogP contribution in [0.5, 0.6) is 0 Å². The molecule has 0 aliphatic rings. The summed E-state index contributed by atoms with van der Waals surface area (Å²) in [5.74, 6) is 0.957. The minimum atomic E-state index is -0.187. The molecule has 3 aromatic rings. The Morgan fingerprint density at radius 1 is 1.33 bits per heavy atom. The highest BCUT2D eigenvalue weighted by atomic mass is 32.1. The number of aromatic nitrogens is 4. The lowest BCUT2D eigenvalue weighted by atomic mass is 10.1. The van der Waals surface area contributed by atoms with Gasteiger partial charge in [0.25, 0.3) is 5.91 Å². The zero-order chi connectivity index (χ0) is 17.1. The van der Waals surface area contributed by atoms with Gasteiger partial charge in [0.05, 0.1) is 0 Å². The van der Waals surface area contributed by atoms with Crippen LogP contribution in [0.3, 0.4) is 0 Å². The van der Waals surface area contributed by atoms with Crippen molar-refractivity contribution < 1.29 is 4.79 Å². The molecule has 0 aliphatic heterocycles. The van der Waals surface area contributed by atoms with Crippen LogP contribution in [0.2, 0.25) is 0 Å². The van der Waals surface area contributed by atoms with Gasteiger partial charge >= 0.3 is 0 Å². The van der Waals surface area contributed by atoms with Crippen LogP contribution in [0.1, 0.15) is 36.1 Å². The second kappa shape index (κ2) is 6.92. The lowest BCUT2D eigenvalue weighted by Crippen LogP contribution is -2.28. The molecular weight excluding hydrogens is 322 g/mol. The smallest absolute Gasteiger partial charge is 0.270 e. The average molecular weight is 341 g/mol.